The molecule has 3 atom stereocenters. The SMILES string of the molecule is Cc1ccc([C@@]2(O)CC[C@@H]3CN(CC(c4ccccc4)c4ccccc4)C[C@@H]32)nc1. The van der Waals surface area contributed by atoms with Crippen molar-refractivity contribution in [3.63, 3.8) is 0 Å². The zero-order chi connectivity index (χ0) is 20.6. The lowest BCUT2D eigenvalue weighted by atomic mass is 9.85. The summed E-state index contributed by atoms with van der Waals surface area (Å²) < 4.78 is 0. The molecule has 5 rings (SSSR count). The molecular formula is C27H30N2O. The maximum atomic E-state index is 11.6. The van der Waals surface area contributed by atoms with Crippen LogP contribution < -0.4 is 0 Å². The van der Waals surface area contributed by atoms with E-state index in [4.69, 9.17) is 0 Å². The highest BCUT2D eigenvalue weighted by atomic mass is 16.3. The Kier molecular flexibility index (Phi) is 5.18. The minimum absolute atomic E-state index is 0.264. The lowest BCUT2D eigenvalue weighted by Crippen LogP contribution is -2.36. The molecule has 1 aliphatic heterocycles. The van der Waals surface area contributed by atoms with E-state index in [1.54, 1.807) is 0 Å². The maximum Gasteiger partial charge on any atom is 0.111 e. The molecule has 2 aliphatic rings. The maximum absolute atomic E-state index is 11.6. The van der Waals surface area contributed by atoms with Gasteiger partial charge in [-0.2, -0.15) is 0 Å². The molecule has 3 aromatic rings. The minimum atomic E-state index is -0.790. The van der Waals surface area contributed by atoms with E-state index in [0.29, 0.717) is 11.8 Å². The Morgan fingerprint density at radius 1 is 0.967 bits per heavy atom. The Labute approximate surface area is 179 Å². The van der Waals surface area contributed by atoms with E-state index in [2.05, 4.69) is 76.6 Å². The molecule has 1 N–H and O–H groups in total. The smallest absolute Gasteiger partial charge is 0.111 e. The first-order chi connectivity index (χ1) is 14.6. The predicted octanol–water partition coefficient (Wildman–Crippen LogP) is 4.75. The highest BCUT2D eigenvalue weighted by molar-refractivity contribution is 5.33. The first-order valence-corrected chi connectivity index (χ1v) is 11.1. The van der Waals surface area contributed by atoms with Crippen LogP contribution in [-0.4, -0.2) is 34.6 Å². The van der Waals surface area contributed by atoms with E-state index in [1.165, 1.54) is 11.1 Å². The molecular weight excluding hydrogens is 368 g/mol. The normalized spacial score (nSPS) is 26.2. The van der Waals surface area contributed by atoms with Crippen molar-refractivity contribution in [2.24, 2.45) is 11.8 Å². The van der Waals surface area contributed by atoms with Crippen molar-refractivity contribution in [1.29, 1.82) is 0 Å². The van der Waals surface area contributed by atoms with Crippen LogP contribution in [0.1, 0.15) is 41.1 Å². The Hall–Kier alpha value is -2.49. The summed E-state index contributed by atoms with van der Waals surface area (Å²) in [6.07, 6.45) is 3.79. The molecule has 30 heavy (non-hydrogen) atoms. The number of benzene rings is 2. The molecule has 154 valence electrons. The molecule has 2 heterocycles. The molecule has 3 heteroatoms. The van der Waals surface area contributed by atoms with Crippen molar-refractivity contribution in [1.82, 2.24) is 9.88 Å². The summed E-state index contributed by atoms with van der Waals surface area (Å²) in [6.45, 7) is 5.03. The Balaban J connectivity index is 1.38. The van der Waals surface area contributed by atoms with Crippen LogP contribution in [0.25, 0.3) is 0 Å². The van der Waals surface area contributed by atoms with Crippen LogP contribution in [0.3, 0.4) is 0 Å². The lowest BCUT2D eigenvalue weighted by molar-refractivity contribution is -0.0106. The molecule has 1 aliphatic carbocycles. The standard InChI is InChI=1S/C27H30N2O/c1-20-12-13-26(28-16-20)27(30)15-14-23-17-29(19-25(23)27)18-24(21-8-4-2-5-9-21)22-10-6-3-7-11-22/h2-13,16,23-25,30H,14-15,17-19H2,1H3/t23-,25+,27-/m1/s1. The zero-order valence-corrected chi connectivity index (χ0v) is 17.6. The summed E-state index contributed by atoms with van der Waals surface area (Å²) >= 11 is 0. The molecule has 1 saturated carbocycles. The molecule has 0 spiro atoms. The van der Waals surface area contributed by atoms with Gasteiger partial charge in [0.15, 0.2) is 0 Å². The Morgan fingerprint density at radius 3 is 2.23 bits per heavy atom. The number of aryl methyl sites for hydroxylation is 1. The summed E-state index contributed by atoms with van der Waals surface area (Å²) in [5.74, 6) is 1.15. The van der Waals surface area contributed by atoms with Crippen molar-refractivity contribution in [2.45, 2.75) is 31.3 Å². The van der Waals surface area contributed by atoms with Gasteiger partial charge in [-0.1, -0.05) is 66.7 Å². The minimum Gasteiger partial charge on any atom is -0.383 e. The molecule has 2 fully saturated rings. The van der Waals surface area contributed by atoms with Crippen LogP contribution in [-0.2, 0) is 5.60 Å². The Bertz CT molecular complexity index is 933. The molecule has 1 aromatic heterocycles. The highest BCUT2D eigenvalue weighted by Crippen LogP contribution is 2.50. The van der Waals surface area contributed by atoms with E-state index < -0.39 is 5.60 Å². The lowest BCUT2D eigenvalue weighted by Gasteiger charge is -2.31. The van der Waals surface area contributed by atoms with Gasteiger partial charge in [0.2, 0.25) is 0 Å². The first kappa shape index (κ1) is 19.5. The summed E-state index contributed by atoms with van der Waals surface area (Å²) in [5, 5.41) is 11.6. The summed E-state index contributed by atoms with van der Waals surface area (Å²) in [7, 11) is 0. The number of fused-ring (bicyclic) bond motifs is 1. The van der Waals surface area contributed by atoms with Crippen LogP contribution in [0.2, 0.25) is 0 Å². The average molecular weight is 399 g/mol. The number of rotatable bonds is 5. The van der Waals surface area contributed by atoms with Crippen LogP contribution >= 0.6 is 0 Å². The number of hydrogen-bond donors (Lipinski definition) is 1. The van der Waals surface area contributed by atoms with E-state index >= 15 is 0 Å². The van der Waals surface area contributed by atoms with Gasteiger partial charge < -0.3 is 10.0 Å². The topological polar surface area (TPSA) is 36.4 Å². The predicted molar refractivity (Wildman–Crippen MR) is 120 cm³/mol. The fourth-order valence-corrected chi connectivity index (χ4v) is 5.61. The van der Waals surface area contributed by atoms with E-state index in [1.807, 2.05) is 19.2 Å². The quantitative estimate of drug-likeness (QED) is 0.674. The summed E-state index contributed by atoms with van der Waals surface area (Å²) in [6, 6.07) is 25.7. The number of nitrogens with zero attached hydrogens (tertiary/aromatic N) is 2. The van der Waals surface area contributed by atoms with Crippen molar-refractivity contribution in [2.75, 3.05) is 19.6 Å². The molecule has 2 aromatic carbocycles. The van der Waals surface area contributed by atoms with Gasteiger partial charge in [0.25, 0.3) is 0 Å². The van der Waals surface area contributed by atoms with Gasteiger partial charge in [-0.05, 0) is 48.4 Å². The highest BCUT2D eigenvalue weighted by Gasteiger charge is 2.53. The van der Waals surface area contributed by atoms with Gasteiger partial charge >= 0.3 is 0 Å². The zero-order valence-electron chi connectivity index (χ0n) is 17.6. The molecule has 3 nitrogen and oxygen atoms in total. The number of aliphatic hydroxyl groups is 1. The third-order valence-corrected chi connectivity index (χ3v) is 7.23. The number of aromatic nitrogens is 1. The van der Waals surface area contributed by atoms with Crippen molar-refractivity contribution < 1.29 is 5.11 Å². The van der Waals surface area contributed by atoms with Crippen LogP contribution in [0.4, 0.5) is 0 Å². The number of hydrogen-bond acceptors (Lipinski definition) is 3. The van der Waals surface area contributed by atoms with Gasteiger partial charge in [-0.25, -0.2) is 0 Å². The van der Waals surface area contributed by atoms with E-state index in [9.17, 15) is 5.11 Å². The van der Waals surface area contributed by atoms with Crippen LogP contribution in [0.15, 0.2) is 79.0 Å². The summed E-state index contributed by atoms with van der Waals surface area (Å²) in [4.78, 5) is 7.17. The number of pyridine rings is 1. The van der Waals surface area contributed by atoms with Crippen molar-refractivity contribution in [3.8, 4) is 0 Å². The second-order valence-electron chi connectivity index (χ2n) is 9.14. The van der Waals surface area contributed by atoms with Gasteiger partial charge in [-0.3, -0.25) is 4.98 Å². The van der Waals surface area contributed by atoms with Gasteiger partial charge in [-0.15, -0.1) is 0 Å². The van der Waals surface area contributed by atoms with Crippen molar-refractivity contribution >= 4 is 0 Å². The van der Waals surface area contributed by atoms with Gasteiger partial charge in [0.1, 0.15) is 5.60 Å². The molecule has 0 amide bonds. The fraction of sp³-hybridized carbons (Fsp3) is 0.370. The second-order valence-corrected chi connectivity index (χ2v) is 9.14. The van der Waals surface area contributed by atoms with Gasteiger partial charge in [0.05, 0.1) is 5.69 Å². The summed E-state index contributed by atoms with van der Waals surface area (Å²) in [5.41, 5.74) is 3.92. The average Bonchev–Trinajstić information content (AvgIpc) is 3.34. The molecule has 0 bridgehead atoms. The molecule has 1 saturated heterocycles. The molecule has 0 unspecified atom stereocenters. The van der Waals surface area contributed by atoms with Crippen molar-refractivity contribution in [3.05, 3.63) is 101 Å². The van der Waals surface area contributed by atoms with E-state index in [0.717, 1.165) is 43.7 Å². The van der Waals surface area contributed by atoms with Crippen LogP contribution in [0.5, 0.6) is 0 Å². The number of likely N-dealkylation sites (tertiary alicyclic amines) is 1. The largest absolute Gasteiger partial charge is 0.383 e. The second kappa shape index (κ2) is 7.98. The molecule has 0 radical (unpaired) electrons. The third kappa shape index (κ3) is 3.57. The monoisotopic (exact) mass is 398 g/mol. The Morgan fingerprint density at radius 2 is 1.63 bits per heavy atom. The van der Waals surface area contributed by atoms with Crippen LogP contribution in [0, 0.1) is 18.8 Å². The first-order valence-electron chi connectivity index (χ1n) is 11.1. The third-order valence-electron chi connectivity index (χ3n) is 7.23. The fourth-order valence-electron chi connectivity index (χ4n) is 5.61. The van der Waals surface area contributed by atoms with E-state index in [-0.39, 0.29) is 5.92 Å². The van der Waals surface area contributed by atoms with Gasteiger partial charge in [0, 0.05) is 37.7 Å².